The average molecular weight is 280 g/mol. The van der Waals surface area contributed by atoms with E-state index in [4.69, 9.17) is 4.74 Å². The van der Waals surface area contributed by atoms with Crippen molar-refractivity contribution in [1.82, 2.24) is 0 Å². The maximum atomic E-state index is 11.6. The van der Waals surface area contributed by atoms with Crippen LogP contribution in [0.4, 0.5) is 11.4 Å². The van der Waals surface area contributed by atoms with E-state index >= 15 is 0 Å². The van der Waals surface area contributed by atoms with E-state index < -0.39 is 10.9 Å². The lowest BCUT2D eigenvalue weighted by Gasteiger charge is -2.07. The summed E-state index contributed by atoms with van der Waals surface area (Å²) in [5.74, 6) is -0.926. The first-order valence-electron chi connectivity index (χ1n) is 6.25. The number of amides is 1. The number of hydrogen-bond donors (Lipinski definition) is 1. The minimum atomic E-state index is -0.615. The lowest BCUT2D eigenvalue weighted by Crippen LogP contribution is -2.13. The molecule has 0 radical (unpaired) electrons. The van der Waals surface area contributed by atoms with Gasteiger partial charge in [-0.15, -0.1) is 0 Å². The van der Waals surface area contributed by atoms with E-state index in [9.17, 15) is 19.7 Å². The minimum Gasteiger partial charge on any atom is -0.462 e. The SMILES string of the molecule is CCCC(=O)Nc1cc(C(=O)OCC)ccc1[N+](=O)[O-]. The summed E-state index contributed by atoms with van der Waals surface area (Å²) in [4.78, 5) is 33.4. The van der Waals surface area contributed by atoms with E-state index in [1.807, 2.05) is 6.92 Å². The summed E-state index contributed by atoms with van der Waals surface area (Å²) in [6.45, 7) is 3.68. The average Bonchev–Trinajstić information content (AvgIpc) is 2.38. The number of nitro benzene ring substituents is 1. The summed E-state index contributed by atoms with van der Waals surface area (Å²) in [5, 5.41) is 13.3. The molecule has 1 amide bonds. The fourth-order valence-corrected chi connectivity index (χ4v) is 1.58. The number of carbonyl (C=O) groups is 2. The number of anilines is 1. The number of benzene rings is 1. The number of nitrogens with one attached hydrogen (secondary N) is 1. The fraction of sp³-hybridized carbons (Fsp3) is 0.385. The van der Waals surface area contributed by atoms with E-state index in [1.54, 1.807) is 6.92 Å². The third-order valence-electron chi connectivity index (χ3n) is 2.46. The second kappa shape index (κ2) is 7.22. The molecule has 20 heavy (non-hydrogen) atoms. The zero-order valence-corrected chi connectivity index (χ0v) is 11.3. The lowest BCUT2D eigenvalue weighted by molar-refractivity contribution is -0.383. The Bertz CT molecular complexity index is 527. The molecule has 1 N–H and O–H groups in total. The molecule has 7 nitrogen and oxygen atoms in total. The van der Waals surface area contributed by atoms with E-state index in [1.165, 1.54) is 18.2 Å². The van der Waals surface area contributed by atoms with Gasteiger partial charge in [0.15, 0.2) is 0 Å². The molecule has 0 atom stereocenters. The van der Waals surface area contributed by atoms with Gasteiger partial charge in [0.05, 0.1) is 17.1 Å². The zero-order valence-electron chi connectivity index (χ0n) is 11.3. The standard InChI is InChI=1S/C13H16N2O5/c1-3-5-12(16)14-10-8-9(13(17)20-4-2)6-7-11(10)15(18)19/h6-8H,3-5H2,1-2H3,(H,14,16). The van der Waals surface area contributed by atoms with E-state index in [0.29, 0.717) is 6.42 Å². The second-order valence-electron chi connectivity index (χ2n) is 4.01. The summed E-state index contributed by atoms with van der Waals surface area (Å²) in [7, 11) is 0. The molecule has 0 unspecified atom stereocenters. The molecular weight excluding hydrogens is 264 g/mol. The lowest BCUT2D eigenvalue weighted by atomic mass is 10.1. The Hall–Kier alpha value is -2.44. The van der Waals surface area contributed by atoms with Crippen molar-refractivity contribution < 1.29 is 19.2 Å². The van der Waals surface area contributed by atoms with Crippen LogP contribution in [-0.4, -0.2) is 23.4 Å². The van der Waals surface area contributed by atoms with Crippen LogP contribution in [0.3, 0.4) is 0 Å². The highest BCUT2D eigenvalue weighted by Gasteiger charge is 2.18. The summed E-state index contributed by atoms with van der Waals surface area (Å²) in [6.07, 6.45) is 0.873. The van der Waals surface area contributed by atoms with E-state index in [2.05, 4.69) is 5.32 Å². The van der Waals surface area contributed by atoms with Gasteiger partial charge >= 0.3 is 5.97 Å². The third kappa shape index (κ3) is 4.04. The Kier molecular flexibility index (Phi) is 5.64. The van der Waals surface area contributed by atoms with Gasteiger partial charge in [-0.25, -0.2) is 4.79 Å². The van der Waals surface area contributed by atoms with Gasteiger partial charge in [0.1, 0.15) is 5.69 Å². The maximum absolute atomic E-state index is 11.6. The Morgan fingerprint density at radius 1 is 1.35 bits per heavy atom. The highest BCUT2D eigenvalue weighted by atomic mass is 16.6. The van der Waals surface area contributed by atoms with Gasteiger partial charge in [-0.1, -0.05) is 6.92 Å². The van der Waals surface area contributed by atoms with Crippen LogP contribution in [0, 0.1) is 10.1 Å². The van der Waals surface area contributed by atoms with Crippen LogP contribution in [0.25, 0.3) is 0 Å². The maximum Gasteiger partial charge on any atom is 0.338 e. The number of carbonyl (C=O) groups excluding carboxylic acids is 2. The highest BCUT2D eigenvalue weighted by molar-refractivity contribution is 5.96. The van der Waals surface area contributed by atoms with E-state index in [-0.39, 0.29) is 35.9 Å². The van der Waals surface area contributed by atoms with Gasteiger partial charge in [0, 0.05) is 12.5 Å². The number of nitrogens with zero attached hydrogens (tertiary/aromatic N) is 1. The van der Waals surface area contributed by atoms with Crippen LogP contribution in [-0.2, 0) is 9.53 Å². The molecule has 1 aromatic rings. The molecule has 1 aromatic carbocycles. The minimum absolute atomic E-state index is 0.000923. The summed E-state index contributed by atoms with van der Waals surface area (Å²) < 4.78 is 4.81. The number of ether oxygens (including phenoxy) is 1. The molecule has 0 saturated heterocycles. The topological polar surface area (TPSA) is 98.5 Å². The number of rotatable bonds is 6. The quantitative estimate of drug-likeness (QED) is 0.490. The van der Waals surface area contributed by atoms with Crippen molar-refractivity contribution in [1.29, 1.82) is 0 Å². The van der Waals surface area contributed by atoms with Gasteiger partial charge < -0.3 is 10.1 Å². The molecule has 0 aliphatic rings. The monoisotopic (exact) mass is 280 g/mol. The molecule has 7 heteroatoms. The molecule has 0 bridgehead atoms. The predicted octanol–water partition coefficient (Wildman–Crippen LogP) is 2.51. The summed E-state index contributed by atoms with van der Waals surface area (Å²) in [6, 6.07) is 3.73. The molecule has 0 fully saturated rings. The van der Waals surface area contributed by atoms with Crippen LogP contribution in [0.5, 0.6) is 0 Å². The third-order valence-corrected chi connectivity index (χ3v) is 2.46. The summed E-state index contributed by atoms with van der Waals surface area (Å²) in [5.41, 5.74) is -0.106. The first-order chi connectivity index (χ1) is 9.49. The molecule has 0 aliphatic heterocycles. The van der Waals surface area contributed by atoms with Crippen LogP contribution in [0.1, 0.15) is 37.0 Å². The molecule has 1 rings (SSSR count). The van der Waals surface area contributed by atoms with Crippen molar-refractivity contribution in [3.05, 3.63) is 33.9 Å². The summed E-state index contributed by atoms with van der Waals surface area (Å²) >= 11 is 0. The van der Waals surface area contributed by atoms with Crippen LogP contribution >= 0.6 is 0 Å². The van der Waals surface area contributed by atoms with Crippen molar-refractivity contribution >= 4 is 23.3 Å². The van der Waals surface area contributed by atoms with Crippen LogP contribution in [0.15, 0.2) is 18.2 Å². The van der Waals surface area contributed by atoms with Crippen LogP contribution in [0.2, 0.25) is 0 Å². The smallest absolute Gasteiger partial charge is 0.338 e. The van der Waals surface area contributed by atoms with Crippen molar-refractivity contribution in [2.75, 3.05) is 11.9 Å². The van der Waals surface area contributed by atoms with Crippen molar-refractivity contribution in [2.24, 2.45) is 0 Å². The van der Waals surface area contributed by atoms with Crippen molar-refractivity contribution in [3.63, 3.8) is 0 Å². The molecule has 0 aliphatic carbocycles. The molecule has 0 aromatic heterocycles. The molecule has 0 heterocycles. The predicted molar refractivity (Wildman–Crippen MR) is 72.6 cm³/mol. The first kappa shape index (κ1) is 15.6. The number of esters is 1. The number of nitro groups is 1. The van der Waals surface area contributed by atoms with Crippen LogP contribution < -0.4 is 5.32 Å². The molecule has 0 spiro atoms. The van der Waals surface area contributed by atoms with Crippen molar-refractivity contribution in [2.45, 2.75) is 26.7 Å². The normalized spacial score (nSPS) is 9.90. The van der Waals surface area contributed by atoms with E-state index in [0.717, 1.165) is 0 Å². The highest BCUT2D eigenvalue weighted by Crippen LogP contribution is 2.26. The molecular formula is C13H16N2O5. The molecule has 0 saturated carbocycles. The first-order valence-corrected chi connectivity index (χ1v) is 6.25. The Balaban J connectivity index is 3.08. The Labute approximate surface area is 116 Å². The van der Waals surface area contributed by atoms with Gasteiger partial charge in [-0.05, 0) is 25.5 Å². The van der Waals surface area contributed by atoms with Crippen molar-refractivity contribution in [3.8, 4) is 0 Å². The van der Waals surface area contributed by atoms with Gasteiger partial charge in [0.2, 0.25) is 5.91 Å². The second-order valence-corrected chi connectivity index (χ2v) is 4.01. The molecule has 108 valence electrons. The fourth-order valence-electron chi connectivity index (χ4n) is 1.58. The zero-order chi connectivity index (χ0) is 15.1. The Morgan fingerprint density at radius 3 is 2.60 bits per heavy atom. The van der Waals surface area contributed by atoms with Gasteiger partial charge in [0.25, 0.3) is 5.69 Å². The van der Waals surface area contributed by atoms with Gasteiger partial charge in [-0.2, -0.15) is 0 Å². The largest absolute Gasteiger partial charge is 0.462 e. The van der Waals surface area contributed by atoms with Gasteiger partial charge in [-0.3, -0.25) is 14.9 Å². The Morgan fingerprint density at radius 2 is 2.05 bits per heavy atom. The number of hydrogen-bond acceptors (Lipinski definition) is 5.